The number of allylic oxidation sites excluding steroid dienone is 1. The largest absolute Gasteiger partial charge is 0.383 e. The van der Waals surface area contributed by atoms with Gasteiger partial charge in [0.25, 0.3) is 0 Å². The van der Waals surface area contributed by atoms with Crippen molar-refractivity contribution in [2.75, 3.05) is 11.5 Å². The Bertz CT molecular complexity index is 345. The Morgan fingerprint density at radius 3 is 3.00 bits per heavy atom. The predicted molar refractivity (Wildman–Crippen MR) is 65.2 cm³/mol. The summed E-state index contributed by atoms with van der Waals surface area (Å²) in [5.74, 6) is 1.69. The second-order valence-corrected chi connectivity index (χ2v) is 4.35. The number of aryl methyl sites for hydroxylation is 1. The molecule has 76 valence electrons. The Kier molecular flexibility index (Phi) is 4.01. The summed E-state index contributed by atoms with van der Waals surface area (Å²) in [6, 6.07) is 2.07. The van der Waals surface area contributed by atoms with E-state index in [1.165, 1.54) is 5.57 Å². The number of nitrogens with zero attached hydrogens (tertiary/aromatic N) is 1. The average Bonchev–Trinajstić information content (AvgIpc) is 2.18. The standard InChI is InChI=1S/C11H16N2S/c1-4-14-7-9(3)10-5-8(2)6-13-11(10)12/h5-7H,4H2,1-3H3,(H2,12,13)/b9-7+. The molecule has 2 nitrogen and oxygen atoms in total. The number of aromatic nitrogens is 1. The maximum atomic E-state index is 5.80. The number of anilines is 1. The summed E-state index contributed by atoms with van der Waals surface area (Å²) in [7, 11) is 0. The van der Waals surface area contributed by atoms with Crippen LogP contribution in [-0.4, -0.2) is 10.7 Å². The van der Waals surface area contributed by atoms with Crippen LogP contribution in [0.5, 0.6) is 0 Å². The van der Waals surface area contributed by atoms with Crippen molar-refractivity contribution in [2.24, 2.45) is 0 Å². The van der Waals surface area contributed by atoms with E-state index in [9.17, 15) is 0 Å². The van der Waals surface area contributed by atoms with Gasteiger partial charge in [-0.05, 0) is 42.2 Å². The highest BCUT2D eigenvalue weighted by Gasteiger charge is 2.02. The van der Waals surface area contributed by atoms with Gasteiger partial charge in [-0.2, -0.15) is 0 Å². The molecule has 0 saturated carbocycles. The van der Waals surface area contributed by atoms with Gasteiger partial charge in [0.15, 0.2) is 0 Å². The van der Waals surface area contributed by atoms with Gasteiger partial charge in [0.1, 0.15) is 5.82 Å². The summed E-state index contributed by atoms with van der Waals surface area (Å²) in [5.41, 5.74) is 9.18. The van der Waals surface area contributed by atoms with Gasteiger partial charge in [-0.25, -0.2) is 4.98 Å². The van der Waals surface area contributed by atoms with Crippen LogP contribution in [0.15, 0.2) is 17.7 Å². The minimum Gasteiger partial charge on any atom is -0.383 e. The molecule has 0 aliphatic rings. The monoisotopic (exact) mass is 208 g/mol. The van der Waals surface area contributed by atoms with E-state index in [0.717, 1.165) is 16.9 Å². The Balaban J connectivity index is 2.99. The Morgan fingerprint density at radius 2 is 2.36 bits per heavy atom. The zero-order valence-electron chi connectivity index (χ0n) is 8.87. The maximum absolute atomic E-state index is 5.80. The van der Waals surface area contributed by atoms with E-state index in [0.29, 0.717) is 5.82 Å². The lowest BCUT2D eigenvalue weighted by Gasteiger charge is -2.05. The molecule has 1 heterocycles. The number of hydrogen-bond acceptors (Lipinski definition) is 3. The van der Waals surface area contributed by atoms with Gasteiger partial charge in [-0.1, -0.05) is 6.92 Å². The van der Waals surface area contributed by atoms with E-state index in [-0.39, 0.29) is 0 Å². The van der Waals surface area contributed by atoms with Crippen LogP contribution in [0.4, 0.5) is 5.82 Å². The molecule has 0 amide bonds. The molecule has 0 aliphatic heterocycles. The van der Waals surface area contributed by atoms with E-state index in [4.69, 9.17) is 5.73 Å². The molecule has 1 aromatic rings. The number of hydrogen-bond donors (Lipinski definition) is 1. The molecule has 1 aromatic heterocycles. The average molecular weight is 208 g/mol. The first kappa shape index (κ1) is 11.1. The Hall–Kier alpha value is -0.960. The van der Waals surface area contributed by atoms with Gasteiger partial charge in [0.2, 0.25) is 0 Å². The van der Waals surface area contributed by atoms with Crippen molar-refractivity contribution in [3.8, 4) is 0 Å². The second-order valence-electron chi connectivity index (χ2n) is 3.20. The fourth-order valence-corrected chi connectivity index (χ4v) is 1.71. The molecule has 1 rings (SSSR count). The number of pyridine rings is 1. The third-order valence-electron chi connectivity index (χ3n) is 1.91. The minimum atomic E-state index is 0.612. The number of thioether (sulfide) groups is 1. The highest BCUT2D eigenvalue weighted by Crippen LogP contribution is 2.22. The zero-order valence-corrected chi connectivity index (χ0v) is 9.69. The van der Waals surface area contributed by atoms with Crippen molar-refractivity contribution >= 4 is 23.2 Å². The molecule has 0 atom stereocenters. The lowest BCUT2D eigenvalue weighted by Crippen LogP contribution is -1.96. The first-order valence-electron chi connectivity index (χ1n) is 4.66. The first-order valence-corrected chi connectivity index (χ1v) is 5.71. The van der Waals surface area contributed by atoms with Gasteiger partial charge in [0.05, 0.1) is 0 Å². The quantitative estimate of drug-likeness (QED) is 0.829. The van der Waals surface area contributed by atoms with Crippen LogP contribution in [0.3, 0.4) is 0 Å². The molecule has 0 aromatic carbocycles. The number of nitrogen functional groups attached to an aromatic ring is 1. The SMILES string of the molecule is CCS/C=C(\C)c1cc(C)cnc1N. The smallest absolute Gasteiger partial charge is 0.130 e. The predicted octanol–water partition coefficient (Wildman–Crippen LogP) is 3.09. The zero-order chi connectivity index (χ0) is 10.6. The molecule has 0 aliphatic carbocycles. The molecule has 14 heavy (non-hydrogen) atoms. The van der Waals surface area contributed by atoms with E-state index in [2.05, 4.69) is 30.3 Å². The van der Waals surface area contributed by atoms with Crippen LogP contribution < -0.4 is 5.73 Å². The van der Waals surface area contributed by atoms with Crippen molar-refractivity contribution in [1.82, 2.24) is 4.98 Å². The third kappa shape index (κ3) is 2.77. The van der Waals surface area contributed by atoms with Crippen LogP contribution >= 0.6 is 11.8 Å². The lowest BCUT2D eigenvalue weighted by molar-refractivity contribution is 1.26. The van der Waals surface area contributed by atoms with E-state index in [1.807, 2.05) is 6.92 Å². The topological polar surface area (TPSA) is 38.9 Å². The molecule has 0 spiro atoms. The molecule has 0 unspecified atom stereocenters. The Labute approximate surface area is 89.6 Å². The molecular formula is C11H16N2S. The summed E-state index contributed by atoms with van der Waals surface area (Å²) in [4.78, 5) is 4.14. The summed E-state index contributed by atoms with van der Waals surface area (Å²) >= 11 is 1.78. The highest BCUT2D eigenvalue weighted by molar-refractivity contribution is 8.02. The first-order chi connectivity index (χ1) is 6.65. The van der Waals surface area contributed by atoms with Crippen LogP contribution in [0.2, 0.25) is 0 Å². The molecule has 2 N–H and O–H groups in total. The summed E-state index contributed by atoms with van der Waals surface area (Å²) in [6.07, 6.45) is 1.79. The third-order valence-corrected chi connectivity index (χ3v) is 2.76. The maximum Gasteiger partial charge on any atom is 0.130 e. The van der Waals surface area contributed by atoms with E-state index in [1.54, 1.807) is 18.0 Å². The normalized spacial score (nSPS) is 11.8. The molecular weight excluding hydrogens is 192 g/mol. The fraction of sp³-hybridized carbons (Fsp3) is 0.364. The van der Waals surface area contributed by atoms with Crippen molar-refractivity contribution in [1.29, 1.82) is 0 Å². The van der Waals surface area contributed by atoms with Crippen molar-refractivity contribution in [3.05, 3.63) is 28.8 Å². The molecule has 0 radical (unpaired) electrons. The van der Waals surface area contributed by atoms with Crippen molar-refractivity contribution in [3.63, 3.8) is 0 Å². The van der Waals surface area contributed by atoms with Gasteiger partial charge >= 0.3 is 0 Å². The van der Waals surface area contributed by atoms with Crippen LogP contribution in [0, 0.1) is 6.92 Å². The fourth-order valence-electron chi connectivity index (χ4n) is 1.17. The molecule has 0 saturated heterocycles. The number of rotatable bonds is 3. The summed E-state index contributed by atoms with van der Waals surface area (Å²) in [6.45, 7) is 6.22. The van der Waals surface area contributed by atoms with Crippen LogP contribution in [-0.2, 0) is 0 Å². The summed E-state index contributed by atoms with van der Waals surface area (Å²) < 4.78 is 0. The molecule has 0 bridgehead atoms. The van der Waals surface area contributed by atoms with Gasteiger partial charge < -0.3 is 5.73 Å². The Morgan fingerprint density at radius 1 is 1.64 bits per heavy atom. The van der Waals surface area contributed by atoms with E-state index < -0.39 is 0 Å². The second kappa shape index (κ2) is 5.05. The summed E-state index contributed by atoms with van der Waals surface area (Å²) in [5, 5.41) is 2.13. The highest BCUT2D eigenvalue weighted by atomic mass is 32.2. The van der Waals surface area contributed by atoms with Gasteiger partial charge in [-0.15, -0.1) is 11.8 Å². The molecule has 0 fully saturated rings. The van der Waals surface area contributed by atoms with Crippen LogP contribution in [0.25, 0.3) is 5.57 Å². The van der Waals surface area contributed by atoms with Crippen molar-refractivity contribution < 1.29 is 0 Å². The van der Waals surface area contributed by atoms with Gasteiger partial charge in [0, 0.05) is 11.8 Å². The number of nitrogens with two attached hydrogens (primary N) is 1. The van der Waals surface area contributed by atoms with Gasteiger partial charge in [-0.3, -0.25) is 0 Å². The minimum absolute atomic E-state index is 0.612. The lowest BCUT2D eigenvalue weighted by atomic mass is 10.1. The van der Waals surface area contributed by atoms with E-state index >= 15 is 0 Å². The van der Waals surface area contributed by atoms with Crippen molar-refractivity contribution in [2.45, 2.75) is 20.8 Å². The molecule has 3 heteroatoms. The van der Waals surface area contributed by atoms with Crippen LogP contribution in [0.1, 0.15) is 25.0 Å².